The van der Waals surface area contributed by atoms with E-state index >= 15 is 0 Å². The highest BCUT2D eigenvalue weighted by molar-refractivity contribution is 9.11. The molecule has 1 heterocycles. The molecule has 66 valence electrons. The highest BCUT2D eigenvalue weighted by Crippen LogP contribution is 2.26. The lowest BCUT2D eigenvalue weighted by Crippen LogP contribution is -2.23. The Morgan fingerprint density at radius 1 is 1.42 bits per heavy atom. The Hall–Kier alpha value is -0.120. The third-order valence-corrected chi connectivity index (χ3v) is 2.97. The Morgan fingerprint density at radius 2 is 2.33 bits per heavy atom. The quantitative estimate of drug-likeness (QED) is 0.746. The highest BCUT2D eigenvalue weighted by atomic mass is 79.9. The predicted molar refractivity (Wildman–Crippen MR) is 51.8 cm³/mol. The Morgan fingerprint density at radius 3 is 2.92 bits per heavy atom. The van der Waals surface area contributed by atoms with Crippen molar-refractivity contribution in [3.05, 3.63) is 22.2 Å². The van der Waals surface area contributed by atoms with Gasteiger partial charge in [-0.1, -0.05) is 33.7 Å². The molecule has 2 nitrogen and oxygen atoms in total. The molecule has 0 radical (unpaired) electrons. The lowest BCUT2D eigenvalue weighted by Gasteiger charge is -2.16. The van der Waals surface area contributed by atoms with Gasteiger partial charge in [-0.2, -0.15) is 5.48 Å². The van der Waals surface area contributed by atoms with Gasteiger partial charge in [0.1, 0.15) is 0 Å². The van der Waals surface area contributed by atoms with Gasteiger partial charge in [0.25, 0.3) is 0 Å². The smallest absolute Gasteiger partial charge is 0.0701 e. The summed E-state index contributed by atoms with van der Waals surface area (Å²) in [5, 5.41) is 0. The molecule has 0 aromatic heterocycles. The van der Waals surface area contributed by atoms with E-state index in [4.69, 9.17) is 4.84 Å². The van der Waals surface area contributed by atoms with Gasteiger partial charge in [0, 0.05) is 0 Å². The second-order valence-corrected chi connectivity index (χ2v) is 4.18. The summed E-state index contributed by atoms with van der Waals surface area (Å²) < 4.78 is 1.30. The summed E-state index contributed by atoms with van der Waals surface area (Å²) in [4.78, 5) is 5.11. The number of halogens is 1. The van der Waals surface area contributed by atoms with E-state index in [9.17, 15) is 0 Å². The van der Waals surface area contributed by atoms with Crippen LogP contribution in [0.2, 0.25) is 0 Å². The largest absolute Gasteiger partial charge is 0.301 e. The second-order valence-electron chi connectivity index (χ2n) is 3.16. The minimum atomic E-state index is 0.460. The number of allylic oxidation sites excluding steroid dienone is 3. The van der Waals surface area contributed by atoms with Gasteiger partial charge in [-0.25, -0.2) is 0 Å². The van der Waals surface area contributed by atoms with E-state index in [0.29, 0.717) is 6.04 Å². The van der Waals surface area contributed by atoms with Crippen molar-refractivity contribution < 1.29 is 4.84 Å². The molecule has 1 N–H and O–H groups in total. The van der Waals surface area contributed by atoms with Crippen LogP contribution >= 0.6 is 15.9 Å². The molecular weight excluding hydrogens is 218 g/mol. The molecule has 1 atom stereocenters. The van der Waals surface area contributed by atoms with Crippen molar-refractivity contribution in [2.24, 2.45) is 0 Å². The standard InChI is InChI=1S/C9H12BrNO/c10-8-3-1-7(2-4-8)9-5-6-12-11-9/h1,3,9,11H,2,4-6H2. The summed E-state index contributed by atoms with van der Waals surface area (Å²) in [7, 11) is 0. The normalized spacial score (nSPS) is 29.9. The van der Waals surface area contributed by atoms with Crippen LogP contribution < -0.4 is 5.48 Å². The molecule has 1 aliphatic heterocycles. The van der Waals surface area contributed by atoms with Gasteiger partial charge in [0.05, 0.1) is 12.6 Å². The number of nitrogens with one attached hydrogen (secondary N) is 1. The average molecular weight is 230 g/mol. The van der Waals surface area contributed by atoms with Crippen LogP contribution in [0.5, 0.6) is 0 Å². The van der Waals surface area contributed by atoms with Crippen molar-refractivity contribution in [1.29, 1.82) is 0 Å². The first-order valence-electron chi connectivity index (χ1n) is 4.29. The van der Waals surface area contributed by atoms with Crippen LogP contribution in [0, 0.1) is 0 Å². The molecule has 0 amide bonds. The Kier molecular flexibility index (Phi) is 2.63. The van der Waals surface area contributed by atoms with E-state index in [2.05, 4.69) is 33.6 Å². The molecule has 0 aromatic carbocycles. The van der Waals surface area contributed by atoms with E-state index in [-0.39, 0.29) is 0 Å². The second kappa shape index (κ2) is 3.73. The molecule has 1 aliphatic carbocycles. The van der Waals surface area contributed by atoms with Crippen molar-refractivity contribution in [1.82, 2.24) is 5.48 Å². The Bertz CT molecular complexity index is 229. The fourth-order valence-corrected chi connectivity index (χ4v) is 1.90. The Balaban J connectivity index is 2.04. The lowest BCUT2D eigenvalue weighted by atomic mass is 9.97. The SMILES string of the molecule is BrC1=CC=C(C2CCON2)CC1. The molecule has 3 heteroatoms. The van der Waals surface area contributed by atoms with Crippen molar-refractivity contribution in [2.75, 3.05) is 6.61 Å². The zero-order chi connectivity index (χ0) is 8.39. The third-order valence-electron chi connectivity index (χ3n) is 2.31. The molecule has 1 fully saturated rings. The van der Waals surface area contributed by atoms with Crippen LogP contribution in [0.3, 0.4) is 0 Å². The van der Waals surface area contributed by atoms with Crippen LogP contribution in [-0.4, -0.2) is 12.6 Å². The van der Waals surface area contributed by atoms with Gasteiger partial charge in [0.15, 0.2) is 0 Å². The zero-order valence-electron chi connectivity index (χ0n) is 6.85. The summed E-state index contributed by atoms with van der Waals surface area (Å²) in [5.74, 6) is 0. The topological polar surface area (TPSA) is 21.3 Å². The van der Waals surface area contributed by atoms with Crippen LogP contribution in [-0.2, 0) is 4.84 Å². The number of hydrogen-bond acceptors (Lipinski definition) is 2. The van der Waals surface area contributed by atoms with Crippen molar-refractivity contribution in [3.63, 3.8) is 0 Å². The van der Waals surface area contributed by atoms with E-state index < -0.39 is 0 Å². The first kappa shape index (κ1) is 8.48. The minimum Gasteiger partial charge on any atom is -0.301 e. The first-order chi connectivity index (χ1) is 5.86. The minimum absolute atomic E-state index is 0.460. The molecule has 12 heavy (non-hydrogen) atoms. The lowest BCUT2D eigenvalue weighted by molar-refractivity contribution is 0.0925. The maximum atomic E-state index is 5.11. The molecule has 0 spiro atoms. The van der Waals surface area contributed by atoms with Crippen LogP contribution in [0.1, 0.15) is 19.3 Å². The fourth-order valence-electron chi connectivity index (χ4n) is 1.57. The number of rotatable bonds is 1. The van der Waals surface area contributed by atoms with Gasteiger partial charge in [-0.05, 0) is 23.7 Å². The monoisotopic (exact) mass is 229 g/mol. The molecule has 0 aromatic rings. The van der Waals surface area contributed by atoms with E-state index in [0.717, 1.165) is 25.9 Å². The molecule has 2 aliphatic rings. The maximum absolute atomic E-state index is 5.11. The molecule has 0 saturated carbocycles. The highest BCUT2D eigenvalue weighted by Gasteiger charge is 2.20. The molecule has 1 unspecified atom stereocenters. The van der Waals surface area contributed by atoms with Crippen molar-refractivity contribution in [3.8, 4) is 0 Å². The summed E-state index contributed by atoms with van der Waals surface area (Å²) in [6.07, 6.45) is 7.72. The van der Waals surface area contributed by atoms with Crippen LogP contribution in [0.4, 0.5) is 0 Å². The summed E-state index contributed by atoms with van der Waals surface area (Å²) in [6.45, 7) is 0.840. The first-order valence-corrected chi connectivity index (χ1v) is 5.08. The van der Waals surface area contributed by atoms with Crippen LogP contribution in [0.15, 0.2) is 22.2 Å². The Labute approximate surface area is 80.8 Å². The van der Waals surface area contributed by atoms with Crippen molar-refractivity contribution in [2.45, 2.75) is 25.3 Å². The maximum Gasteiger partial charge on any atom is 0.0701 e. The fraction of sp³-hybridized carbons (Fsp3) is 0.556. The summed E-state index contributed by atoms with van der Waals surface area (Å²) >= 11 is 3.49. The summed E-state index contributed by atoms with van der Waals surface area (Å²) in [6, 6.07) is 0.460. The zero-order valence-corrected chi connectivity index (χ0v) is 8.43. The van der Waals surface area contributed by atoms with Gasteiger partial charge in [0.2, 0.25) is 0 Å². The molecule has 0 bridgehead atoms. The van der Waals surface area contributed by atoms with Crippen molar-refractivity contribution >= 4 is 15.9 Å². The van der Waals surface area contributed by atoms with Crippen LogP contribution in [0.25, 0.3) is 0 Å². The number of hydrogen-bond donors (Lipinski definition) is 1. The van der Waals surface area contributed by atoms with Gasteiger partial charge >= 0.3 is 0 Å². The number of hydroxylamine groups is 1. The van der Waals surface area contributed by atoms with Gasteiger partial charge in [-0.3, -0.25) is 0 Å². The van der Waals surface area contributed by atoms with Gasteiger partial charge < -0.3 is 4.84 Å². The third kappa shape index (κ3) is 1.79. The predicted octanol–water partition coefficient (Wildman–Crippen LogP) is 2.28. The van der Waals surface area contributed by atoms with E-state index in [1.54, 1.807) is 0 Å². The average Bonchev–Trinajstić information content (AvgIpc) is 2.58. The van der Waals surface area contributed by atoms with Gasteiger partial charge in [-0.15, -0.1) is 0 Å². The van der Waals surface area contributed by atoms with E-state index in [1.165, 1.54) is 10.1 Å². The molecule has 1 saturated heterocycles. The summed E-state index contributed by atoms with van der Waals surface area (Å²) in [5.41, 5.74) is 4.50. The van der Waals surface area contributed by atoms with E-state index in [1.807, 2.05) is 0 Å². The molecular formula is C9H12BrNO. The molecule has 2 rings (SSSR count).